The molecule has 3 aromatic carbocycles. The van der Waals surface area contributed by atoms with E-state index in [2.05, 4.69) is 9.97 Å². The van der Waals surface area contributed by atoms with Gasteiger partial charge in [-0.1, -0.05) is 6.07 Å². The van der Waals surface area contributed by atoms with Crippen molar-refractivity contribution in [1.29, 1.82) is 0 Å². The number of fused-ring (bicyclic) bond motifs is 1. The van der Waals surface area contributed by atoms with Crippen LogP contribution in [0.3, 0.4) is 0 Å². The third-order valence-corrected chi connectivity index (χ3v) is 7.52. The lowest BCUT2D eigenvalue weighted by Gasteiger charge is -2.27. The Kier molecular flexibility index (Phi) is 7.94. The lowest BCUT2D eigenvalue weighted by molar-refractivity contribution is -0.0589. The van der Waals surface area contributed by atoms with Gasteiger partial charge in [-0.3, -0.25) is 4.79 Å². The first kappa shape index (κ1) is 29.8. The number of halogens is 4. The Labute approximate surface area is 252 Å². The molecule has 1 aliphatic heterocycles. The van der Waals surface area contributed by atoms with Gasteiger partial charge in [-0.05, 0) is 60.5 Å². The second kappa shape index (κ2) is 12.0. The zero-order chi connectivity index (χ0) is 31.8. The summed E-state index contributed by atoms with van der Waals surface area (Å²) in [5.74, 6) is -5.30. The molecule has 0 bridgehead atoms. The zero-order valence-corrected chi connectivity index (χ0v) is 23.4. The van der Waals surface area contributed by atoms with E-state index < -0.39 is 47.3 Å². The molecule has 1 aliphatic rings. The Balaban J connectivity index is 1.25. The molecule has 3 heterocycles. The van der Waals surface area contributed by atoms with Crippen LogP contribution in [0, 0.1) is 23.3 Å². The fourth-order valence-electron chi connectivity index (χ4n) is 5.05. The Morgan fingerprint density at radius 2 is 1.71 bits per heavy atom. The molecule has 45 heavy (non-hydrogen) atoms. The van der Waals surface area contributed by atoms with Crippen molar-refractivity contribution in [3.05, 3.63) is 112 Å². The van der Waals surface area contributed by atoms with E-state index in [0.29, 0.717) is 36.1 Å². The van der Waals surface area contributed by atoms with Crippen LogP contribution in [0.1, 0.15) is 44.1 Å². The molecule has 0 aliphatic carbocycles. The van der Waals surface area contributed by atoms with Crippen LogP contribution in [-0.4, -0.2) is 44.2 Å². The number of carboxylic acids is 1. The Hall–Kier alpha value is -5.30. The van der Waals surface area contributed by atoms with Gasteiger partial charge in [0.15, 0.2) is 0 Å². The van der Waals surface area contributed by atoms with E-state index in [1.165, 1.54) is 30.3 Å². The highest BCUT2D eigenvalue weighted by Gasteiger charge is 2.24. The SMILES string of the molecule is NC(=O)c1cc(F)c(COc2cccc(-c3cc(F)c(Cc4nc5ccc(C(=O)O)cc5n4CC4CCO4)cc3F)n2)cc1F. The van der Waals surface area contributed by atoms with Crippen LogP contribution in [0.15, 0.2) is 60.7 Å². The van der Waals surface area contributed by atoms with E-state index in [1.54, 1.807) is 10.6 Å². The maximum absolute atomic E-state index is 15.5. The number of nitrogens with two attached hydrogens (primary N) is 1. The molecular formula is C32H24F4N4O5. The van der Waals surface area contributed by atoms with E-state index in [1.807, 2.05) is 0 Å². The van der Waals surface area contributed by atoms with Gasteiger partial charge in [-0.15, -0.1) is 0 Å². The minimum Gasteiger partial charge on any atom is -0.478 e. The predicted octanol–water partition coefficient (Wildman–Crippen LogP) is 5.41. The van der Waals surface area contributed by atoms with Crippen molar-refractivity contribution in [2.75, 3.05) is 6.61 Å². The van der Waals surface area contributed by atoms with E-state index in [0.717, 1.165) is 24.6 Å². The van der Waals surface area contributed by atoms with Gasteiger partial charge >= 0.3 is 5.97 Å². The average molecular weight is 621 g/mol. The van der Waals surface area contributed by atoms with Crippen molar-refractivity contribution in [2.24, 2.45) is 5.73 Å². The van der Waals surface area contributed by atoms with E-state index in [4.69, 9.17) is 15.2 Å². The fraction of sp³-hybridized carbons (Fsp3) is 0.188. The quantitative estimate of drug-likeness (QED) is 0.200. The van der Waals surface area contributed by atoms with Crippen molar-refractivity contribution in [3.63, 3.8) is 0 Å². The second-order valence-electron chi connectivity index (χ2n) is 10.5. The van der Waals surface area contributed by atoms with Crippen molar-refractivity contribution in [3.8, 4) is 17.1 Å². The van der Waals surface area contributed by atoms with Crippen LogP contribution < -0.4 is 10.5 Å². The number of ether oxygens (including phenoxy) is 2. The number of imidazole rings is 1. The van der Waals surface area contributed by atoms with Crippen molar-refractivity contribution in [2.45, 2.75) is 32.1 Å². The standard InChI is InChI=1S/C32H24F4N4O5/c33-22-12-20(26-2-1-3-30(39-26)45-15-18-9-25(36)21(31(37)41)13-23(18)34)24(35)8-17(22)11-29-38-27-5-4-16(32(42)43)10-28(27)40(29)14-19-6-7-44-19/h1-5,8-10,12-13,19H,6-7,11,14-15H2,(H2,37,41)(H,42,43). The summed E-state index contributed by atoms with van der Waals surface area (Å²) < 4.78 is 72.1. The number of rotatable bonds is 10. The van der Waals surface area contributed by atoms with Crippen molar-refractivity contribution < 1.29 is 41.7 Å². The average Bonchev–Trinajstić information content (AvgIpc) is 3.32. The van der Waals surface area contributed by atoms with Gasteiger partial charge < -0.3 is 24.9 Å². The first-order valence-electron chi connectivity index (χ1n) is 13.8. The molecule has 1 amide bonds. The third kappa shape index (κ3) is 6.07. The number of aromatic carboxylic acids is 1. The van der Waals surface area contributed by atoms with Gasteiger partial charge in [0.1, 0.15) is 35.7 Å². The number of carboxylic acid groups (broad SMARTS) is 1. The molecule has 0 radical (unpaired) electrons. The van der Waals surface area contributed by atoms with Gasteiger partial charge in [-0.2, -0.15) is 0 Å². The summed E-state index contributed by atoms with van der Waals surface area (Å²) in [5, 5.41) is 9.45. The highest BCUT2D eigenvalue weighted by Crippen LogP contribution is 2.29. The Bertz CT molecular complexity index is 1980. The Morgan fingerprint density at radius 3 is 2.42 bits per heavy atom. The maximum Gasteiger partial charge on any atom is 0.335 e. The summed E-state index contributed by atoms with van der Waals surface area (Å²) in [6.45, 7) is 0.516. The molecule has 2 aromatic heterocycles. The fourth-order valence-corrected chi connectivity index (χ4v) is 5.05. The number of carbonyl (C=O) groups is 2. The second-order valence-corrected chi connectivity index (χ2v) is 10.5. The number of aromatic nitrogens is 3. The van der Waals surface area contributed by atoms with E-state index in [-0.39, 0.29) is 46.4 Å². The number of nitrogens with zero attached hydrogens (tertiary/aromatic N) is 3. The topological polar surface area (TPSA) is 130 Å². The summed E-state index contributed by atoms with van der Waals surface area (Å²) in [5.41, 5.74) is 5.24. The normalized spacial score (nSPS) is 14.4. The van der Waals surface area contributed by atoms with Crippen molar-refractivity contribution in [1.82, 2.24) is 14.5 Å². The van der Waals surface area contributed by atoms with Gasteiger partial charge in [0, 0.05) is 30.2 Å². The van der Waals surface area contributed by atoms with Crippen molar-refractivity contribution >= 4 is 22.9 Å². The summed E-state index contributed by atoms with van der Waals surface area (Å²) >= 11 is 0. The number of benzene rings is 3. The minimum atomic E-state index is -1.12. The number of pyridine rings is 1. The molecule has 1 saturated heterocycles. The largest absolute Gasteiger partial charge is 0.478 e. The lowest BCUT2D eigenvalue weighted by atomic mass is 10.0. The molecule has 6 rings (SSSR count). The molecule has 0 spiro atoms. The number of hydrogen-bond donors (Lipinski definition) is 2. The molecule has 1 unspecified atom stereocenters. The molecule has 230 valence electrons. The van der Waals surface area contributed by atoms with Gasteiger partial charge in [0.25, 0.3) is 5.91 Å². The highest BCUT2D eigenvalue weighted by molar-refractivity contribution is 5.93. The van der Waals surface area contributed by atoms with Crippen LogP contribution in [0.25, 0.3) is 22.3 Å². The molecule has 1 atom stereocenters. The monoisotopic (exact) mass is 620 g/mol. The summed E-state index contributed by atoms with van der Waals surface area (Å²) in [7, 11) is 0. The first-order valence-corrected chi connectivity index (χ1v) is 13.8. The predicted molar refractivity (Wildman–Crippen MR) is 153 cm³/mol. The number of carbonyl (C=O) groups excluding carboxylic acids is 1. The zero-order valence-electron chi connectivity index (χ0n) is 23.4. The van der Waals surface area contributed by atoms with Crippen LogP contribution in [0.4, 0.5) is 17.6 Å². The lowest BCUT2D eigenvalue weighted by Crippen LogP contribution is -2.31. The smallest absolute Gasteiger partial charge is 0.335 e. The van der Waals surface area contributed by atoms with Crippen LogP contribution in [-0.2, 0) is 24.3 Å². The van der Waals surface area contributed by atoms with E-state index >= 15 is 8.78 Å². The highest BCUT2D eigenvalue weighted by atomic mass is 19.1. The van der Waals surface area contributed by atoms with Gasteiger partial charge in [-0.25, -0.2) is 32.3 Å². The van der Waals surface area contributed by atoms with E-state index in [9.17, 15) is 23.5 Å². The van der Waals surface area contributed by atoms with Crippen LogP contribution in [0.2, 0.25) is 0 Å². The summed E-state index contributed by atoms with van der Waals surface area (Å²) in [4.78, 5) is 31.5. The molecule has 0 saturated carbocycles. The third-order valence-electron chi connectivity index (χ3n) is 7.52. The molecular weight excluding hydrogens is 596 g/mol. The number of amides is 1. The number of primary amides is 1. The van der Waals surface area contributed by atoms with Gasteiger partial charge in [0.05, 0.1) is 40.5 Å². The summed E-state index contributed by atoms with van der Waals surface area (Å²) in [6, 6.07) is 12.3. The molecule has 9 nitrogen and oxygen atoms in total. The molecule has 13 heteroatoms. The minimum absolute atomic E-state index is 0.0186. The van der Waals surface area contributed by atoms with Crippen LogP contribution in [0.5, 0.6) is 5.88 Å². The molecule has 1 fully saturated rings. The molecule has 5 aromatic rings. The first-order chi connectivity index (χ1) is 21.6. The summed E-state index contributed by atoms with van der Waals surface area (Å²) in [6.07, 6.45) is 0.614. The van der Waals surface area contributed by atoms with Crippen LogP contribution >= 0.6 is 0 Å². The maximum atomic E-state index is 15.5. The Morgan fingerprint density at radius 1 is 0.956 bits per heavy atom. The molecule has 3 N–H and O–H groups in total. The van der Waals surface area contributed by atoms with Gasteiger partial charge in [0.2, 0.25) is 5.88 Å². The number of hydrogen-bond acceptors (Lipinski definition) is 6.